The summed E-state index contributed by atoms with van der Waals surface area (Å²) in [5.41, 5.74) is 0.513. The van der Waals surface area contributed by atoms with Gasteiger partial charge in [-0.15, -0.1) is 12.4 Å². The molecule has 1 heterocycles. The highest BCUT2D eigenvalue weighted by Crippen LogP contribution is 2.17. The summed E-state index contributed by atoms with van der Waals surface area (Å²) in [5, 5.41) is 6.10. The quantitative estimate of drug-likeness (QED) is 0.679. The molecule has 2 aromatic carbocycles. The Kier molecular flexibility index (Phi) is 7.18. The van der Waals surface area contributed by atoms with E-state index in [9.17, 15) is 17.6 Å². The Bertz CT molecular complexity index is 885. The summed E-state index contributed by atoms with van der Waals surface area (Å²) in [6, 6.07) is 11.1. The van der Waals surface area contributed by atoms with Crippen molar-refractivity contribution in [1.82, 2.24) is 10.6 Å². The molecular formula is C18H21ClFN3O3S. The first kappa shape index (κ1) is 21.1. The highest BCUT2D eigenvalue weighted by atomic mass is 35.5. The second-order valence-corrected chi connectivity index (χ2v) is 7.83. The predicted molar refractivity (Wildman–Crippen MR) is 104 cm³/mol. The first-order valence-electron chi connectivity index (χ1n) is 8.34. The van der Waals surface area contributed by atoms with Crippen molar-refractivity contribution in [3.63, 3.8) is 0 Å². The zero-order valence-electron chi connectivity index (χ0n) is 14.4. The second-order valence-electron chi connectivity index (χ2n) is 6.14. The van der Waals surface area contributed by atoms with E-state index in [2.05, 4.69) is 15.4 Å². The molecule has 1 saturated heterocycles. The molecule has 6 nitrogen and oxygen atoms in total. The van der Waals surface area contributed by atoms with Crippen LogP contribution >= 0.6 is 12.4 Å². The van der Waals surface area contributed by atoms with Crippen molar-refractivity contribution in [2.24, 2.45) is 0 Å². The van der Waals surface area contributed by atoms with E-state index in [1.54, 1.807) is 6.07 Å². The summed E-state index contributed by atoms with van der Waals surface area (Å²) in [6.07, 6.45) is 2.10. The van der Waals surface area contributed by atoms with E-state index >= 15 is 0 Å². The van der Waals surface area contributed by atoms with Crippen LogP contribution in [0.15, 0.2) is 53.4 Å². The van der Waals surface area contributed by atoms with Crippen molar-refractivity contribution < 1.29 is 17.6 Å². The molecule has 3 N–H and O–H groups in total. The molecule has 1 fully saturated rings. The van der Waals surface area contributed by atoms with Gasteiger partial charge in [-0.25, -0.2) is 12.8 Å². The fraction of sp³-hybridized carbons (Fsp3) is 0.278. The van der Waals surface area contributed by atoms with Crippen LogP contribution in [0.25, 0.3) is 0 Å². The molecule has 0 spiro atoms. The van der Waals surface area contributed by atoms with E-state index in [1.807, 2.05) is 0 Å². The van der Waals surface area contributed by atoms with Crippen LogP contribution in [-0.2, 0) is 10.0 Å². The maximum atomic E-state index is 12.9. The maximum Gasteiger partial charge on any atom is 0.261 e. The van der Waals surface area contributed by atoms with Gasteiger partial charge >= 0.3 is 0 Å². The average molecular weight is 414 g/mol. The van der Waals surface area contributed by atoms with Crippen molar-refractivity contribution >= 4 is 34.0 Å². The van der Waals surface area contributed by atoms with Gasteiger partial charge < -0.3 is 10.6 Å². The number of benzene rings is 2. The van der Waals surface area contributed by atoms with Crippen molar-refractivity contribution in [1.29, 1.82) is 0 Å². The lowest BCUT2D eigenvalue weighted by Crippen LogP contribution is -2.37. The molecular weight excluding hydrogens is 393 g/mol. The van der Waals surface area contributed by atoms with Gasteiger partial charge in [-0.1, -0.05) is 6.07 Å². The molecule has 2 aromatic rings. The number of hydrogen-bond acceptors (Lipinski definition) is 4. The lowest BCUT2D eigenvalue weighted by Gasteiger charge is -2.12. The van der Waals surface area contributed by atoms with E-state index in [0.29, 0.717) is 6.54 Å². The first-order chi connectivity index (χ1) is 12.4. The minimum absolute atomic E-state index is 0. The standard InChI is InChI=1S/C18H20FN3O3S.ClH/c19-14-6-8-15(9-7-14)22-26(24,25)17-5-1-3-13(11-17)18(23)21-12-16-4-2-10-20-16;/h1,3,5-9,11,16,20,22H,2,4,10,12H2,(H,21,23);1H. The van der Waals surface area contributed by atoms with Gasteiger partial charge in [0.05, 0.1) is 4.90 Å². The highest BCUT2D eigenvalue weighted by Gasteiger charge is 2.18. The molecule has 0 saturated carbocycles. The van der Waals surface area contributed by atoms with E-state index in [4.69, 9.17) is 0 Å². The highest BCUT2D eigenvalue weighted by molar-refractivity contribution is 7.92. The number of amides is 1. The van der Waals surface area contributed by atoms with Crippen LogP contribution < -0.4 is 15.4 Å². The molecule has 146 valence electrons. The van der Waals surface area contributed by atoms with Crippen molar-refractivity contribution in [3.05, 3.63) is 59.9 Å². The predicted octanol–water partition coefficient (Wildman–Crippen LogP) is 2.53. The Balaban J connectivity index is 0.00000261. The topological polar surface area (TPSA) is 87.3 Å². The number of carbonyl (C=O) groups is 1. The number of carbonyl (C=O) groups excluding carboxylic acids is 1. The van der Waals surface area contributed by atoms with E-state index in [-0.39, 0.29) is 40.5 Å². The van der Waals surface area contributed by atoms with Crippen LogP contribution in [0.4, 0.5) is 10.1 Å². The molecule has 3 rings (SSSR count). The Hall–Kier alpha value is -2.16. The van der Waals surface area contributed by atoms with Crippen LogP contribution in [0.1, 0.15) is 23.2 Å². The third-order valence-electron chi connectivity index (χ3n) is 4.17. The molecule has 0 bridgehead atoms. The van der Waals surface area contributed by atoms with Gasteiger partial charge in [0.2, 0.25) is 0 Å². The number of rotatable bonds is 6. The van der Waals surface area contributed by atoms with Crippen LogP contribution in [0.3, 0.4) is 0 Å². The first-order valence-corrected chi connectivity index (χ1v) is 9.82. The zero-order valence-corrected chi connectivity index (χ0v) is 16.1. The molecule has 1 aliphatic heterocycles. The molecule has 1 aliphatic rings. The SMILES string of the molecule is Cl.O=C(NCC1CCCN1)c1cccc(S(=O)(=O)Nc2ccc(F)cc2)c1. The van der Waals surface area contributed by atoms with E-state index in [1.165, 1.54) is 42.5 Å². The van der Waals surface area contributed by atoms with Gasteiger partial charge in [0.25, 0.3) is 15.9 Å². The van der Waals surface area contributed by atoms with Crippen molar-refractivity contribution in [3.8, 4) is 0 Å². The van der Waals surface area contributed by atoms with Crippen molar-refractivity contribution in [2.45, 2.75) is 23.8 Å². The molecule has 0 radical (unpaired) electrons. The monoisotopic (exact) mass is 413 g/mol. The third-order valence-corrected chi connectivity index (χ3v) is 5.55. The number of hydrogen-bond donors (Lipinski definition) is 3. The molecule has 1 atom stereocenters. The molecule has 9 heteroatoms. The lowest BCUT2D eigenvalue weighted by atomic mass is 10.2. The van der Waals surface area contributed by atoms with E-state index in [0.717, 1.165) is 19.4 Å². The maximum absolute atomic E-state index is 12.9. The van der Waals surface area contributed by atoms with Crippen LogP contribution in [0.2, 0.25) is 0 Å². The summed E-state index contributed by atoms with van der Waals surface area (Å²) in [7, 11) is -3.88. The molecule has 0 aromatic heterocycles. The van der Waals surface area contributed by atoms with Gasteiger partial charge in [0.1, 0.15) is 5.82 Å². The smallest absolute Gasteiger partial charge is 0.261 e. The minimum Gasteiger partial charge on any atom is -0.350 e. The summed E-state index contributed by atoms with van der Waals surface area (Å²) in [5.74, 6) is -0.777. The summed E-state index contributed by atoms with van der Waals surface area (Å²) in [4.78, 5) is 12.2. The number of anilines is 1. The van der Waals surface area contributed by atoms with Crippen LogP contribution in [0.5, 0.6) is 0 Å². The van der Waals surface area contributed by atoms with Crippen LogP contribution in [-0.4, -0.2) is 33.5 Å². The largest absolute Gasteiger partial charge is 0.350 e. The number of sulfonamides is 1. The average Bonchev–Trinajstić information content (AvgIpc) is 3.15. The molecule has 0 aliphatic carbocycles. The second kappa shape index (κ2) is 9.16. The number of halogens is 2. The fourth-order valence-electron chi connectivity index (χ4n) is 2.79. The minimum atomic E-state index is -3.88. The Labute approximate surface area is 164 Å². The van der Waals surface area contributed by atoms with Gasteiger partial charge in [-0.3, -0.25) is 9.52 Å². The molecule has 1 unspecified atom stereocenters. The lowest BCUT2D eigenvalue weighted by molar-refractivity contribution is 0.0950. The van der Waals surface area contributed by atoms with Gasteiger partial charge in [0, 0.05) is 23.8 Å². The van der Waals surface area contributed by atoms with Crippen molar-refractivity contribution in [2.75, 3.05) is 17.8 Å². The Morgan fingerprint density at radius 1 is 1.19 bits per heavy atom. The van der Waals surface area contributed by atoms with Gasteiger partial charge in [-0.2, -0.15) is 0 Å². The Morgan fingerprint density at radius 3 is 2.59 bits per heavy atom. The summed E-state index contributed by atoms with van der Waals surface area (Å²) >= 11 is 0. The van der Waals surface area contributed by atoms with Gasteiger partial charge in [-0.05, 0) is 61.9 Å². The van der Waals surface area contributed by atoms with E-state index < -0.39 is 15.8 Å². The summed E-state index contributed by atoms with van der Waals surface area (Å²) in [6.45, 7) is 1.45. The number of nitrogens with one attached hydrogen (secondary N) is 3. The van der Waals surface area contributed by atoms with Crippen LogP contribution in [0, 0.1) is 5.82 Å². The molecule has 1 amide bonds. The Morgan fingerprint density at radius 2 is 1.93 bits per heavy atom. The van der Waals surface area contributed by atoms with Gasteiger partial charge in [0.15, 0.2) is 0 Å². The summed E-state index contributed by atoms with van der Waals surface area (Å²) < 4.78 is 40.3. The normalized spacial score (nSPS) is 16.4. The zero-order chi connectivity index (χ0) is 18.6. The fourth-order valence-corrected chi connectivity index (χ4v) is 3.89. The molecule has 27 heavy (non-hydrogen) atoms. The third kappa shape index (κ3) is 5.66.